The molecule has 0 spiro atoms. The van der Waals surface area contributed by atoms with Crippen LogP contribution in [0.1, 0.15) is 23.2 Å². The van der Waals surface area contributed by atoms with Gasteiger partial charge >= 0.3 is 5.97 Å². The Morgan fingerprint density at radius 3 is 2.42 bits per heavy atom. The highest BCUT2D eigenvalue weighted by molar-refractivity contribution is 5.88. The second kappa shape index (κ2) is 4.45. The van der Waals surface area contributed by atoms with E-state index in [0.717, 1.165) is 18.9 Å². The first-order chi connectivity index (χ1) is 9.06. The van der Waals surface area contributed by atoms with E-state index in [9.17, 15) is 13.6 Å². The van der Waals surface area contributed by atoms with Gasteiger partial charge in [0.05, 0.1) is 23.5 Å². The summed E-state index contributed by atoms with van der Waals surface area (Å²) in [7, 11) is 0. The molecular weight excluding hydrogens is 256 g/mol. The lowest BCUT2D eigenvalue weighted by molar-refractivity contribution is 0.0302. The van der Waals surface area contributed by atoms with Crippen LogP contribution in [0.25, 0.3) is 0 Å². The van der Waals surface area contributed by atoms with Gasteiger partial charge in [0.15, 0.2) is 11.6 Å². The molecule has 2 aliphatic heterocycles. The van der Waals surface area contributed by atoms with Gasteiger partial charge in [0.25, 0.3) is 0 Å². The van der Waals surface area contributed by atoms with E-state index in [0.29, 0.717) is 13.1 Å². The first-order valence-corrected chi connectivity index (χ1v) is 6.18. The Morgan fingerprint density at radius 1 is 1.21 bits per heavy atom. The van der Waals surface area contributed by atoms with Crippen LogP contribution >= 0.6 is 0 Å². The van der Waals surface area contributed by atoms with Gasteiger partial charge in [-0.2, -0.15) is 0 Å². The molecule has 2 unspecified atom stereocenters. The summed E-state index contributed by atoms with van der Waals surface area (Å²) in [6.45, 7) is 1.03. The summed E-state index contributed by atoms with van der Waals surface area (Å²) in [6, 6.07) is 2.43. The Morgan fingerprint density at radius 2 is 1.84 bits per heavy atom. The first kappa shape index (κ1) is 12.3. The quantitative estimate of drug-likeness (QED) is 0.892. The van der Waals surface area contributed by atoms with Crippen molar-refractivity contribution >= 4 is 11.7 Å². The monoisotopic (exact) mass is 269 g/mol. The minimum Gasteiger partial charge on any atom is -0.478 e. The number of rotatable bonds is 2. The van der Waals surface area contributed by atoms with Crippen molar-refractivity contribution in [2.24, 2.45) is 0 Å². The fourth-order valence-electron chi connectivity index (χ4n) is 2.76. The fraction of sp³-hybridized carbons (Fsp3) is 0.462. The number of hydrogen-bond donors (Lipinski definition) is 1. The molecule has 2 heterocycles. The highest BCUT2D eigenvalue weighted by Gasteiger charge is 2.35. The molecule has 0 saturated carbocycles. The standard InChI is InChI=1S/C13H13F2NO3/c14-11-9(13(17)18)3-4-10(12(11)15)16-5-7-1-2-8(6-16)19-7/h3-4,7-8H,1-2,5-6H2,(H,17,18). The van der Waals surface area contributed by atoms with Gasteiger partial charge in [0.1, 0.15) is 0 Å². The third kappa shape index (κ3) is 2.06. The van der Waals surface area contributed by atoms with E-state index in [1.165, 1.54) is 6.07 Å². The molecule has 1 aromatic rings. The van der Waals surface area contributed by atoms with Gasteiger partial charge in [-0.05, 0) is 25.0 Å². The van der Waals surface area contributed by atoms with E-state index < -0.39 is 23.2 Å². The van der Waals surface area contributed by atoms with Gasteiger partial charge < -0.3 is 14.7 Å². The first-order valence-electron chi connectivity index (χ1n) is 6.18. The number of morpholine rings is 1. The lowest BCUT2D eigenvalue weighted by Gasteiger charge is -2.34. The number of benzene rings is 1. The molecule has 2 bridgehead atoms. The van der Waals surface area contributed by atoms with Crippen molar-refractivity contribution in [3.63, 3.8) is 0 Å². The summed E-state index contributed by atoms with van der Waals surface area (Å²) in [5.74, 6) is -3.87. The molecule has 0 aromatic heterocycles. The number of halogens is 2. The summed E-state index contributed by atoms with van der Waals surface area (Å²) in [5, 5.41) is 8.75. The molecule has 102 valence electrons. The zero-order chi connectivity index (χ0) is 13.6. The predicted octanol–water partition coefficient (Wildman–Crippen LogP) is 2.03. The number of aromatic carboxylic acids is 1. The molecule has 0 aliphatic carbocycles. The van der Waals surface area contributed by atoms with Crippen LogP contribution in [0.3, 0.4) is 0 Å². The summed E-state index contributed by atoms with van der Waals surface area (Å²) >= 11 is 0. The van der Waals surface area contributed by atoms with Crippen LogP contribution in [0.15, 0.2) is 12.1 Å². The van der Waals surface area contributed by atoms with Gasteiger partial charge in [-0.3, -0.25) is 0 Å². The fourth-order valence-corrected chi connectivity index (χ4v) is 2.76. The Kier molecular flexibility index (Phi) is 2.89. The van der Waals surface area contributed by atoms with E-state index in [-0.39, 0.29) is 17.9 Å². The van der Waals surface area contributed by atoms with Crippen molar-refractivity contribution in [3.8, 4) is 0 Å². The van der Waals surface area contributed by atoms with E-state index >= 15 is 0 Å². The Hall–Kier alpha value is -1.69. The van der Waals surface area contributed by atoms with E-state index in [2.05, 4.69) is 0 Å². The smallest absolute Gasteiger partial charge is 0.338 e. The number of carboxylic acids is 1. The number of hydrogen-bond acceptors (Lipinski definition) is 3. The molecule has 0 amide bonds. The zero-order valence-electron chi connectivity index (χ0n) is 10.1. The lowest BCUT2D eigenvalue weighted by Crippen LogP contribution is -2.43. The van der Waals surface area contributed by atoms with Crippen LogP contribution < -0.4 is 4.90 Å². The molecule has 2 fully saturated rings. The van der Waals surface area contributed by atoms with Crippen LogP contribution in [0.2, 0.25) is 0 Å². The zero-order valence-corrected chi connectivity index (χ0v) is 10.1. The molecule has 2 aliphatic rings. The van der Waals surface area contributed by atoms with Crippen molar-refractivity contribution < 1.29 is 23.4 Å². The molecule has 0 radical (unpaired) electrons. The number of carbonyl (C=O) groups is 1. The van der Waals surface area contributed by atoms with Gasteiger partial charge in [-0.15, -0.1) is 0 Å². The minimum atomic E-state index is -1.47. The highest BCUT2D eigenvalue weighted by atomic mass is 19.2. The van der Waals surface area contributed by atoms with Crippen LogP contribution in [-0.2, 0) is 4.74 Å². The molecule has 1 aromatic carbocycles. The van der Waals surface area contributed by atoms with Crippen molar-refractivity contribution in [3.05, 3.63) is 29.3 Å². The minimum absolute atomic E-state index is 0.0559. The molecule has 4 nitrogen and oxygen atoms in total. The second-order valence-electron chi connectivity index (χ2n) is 4.93. The molecule has 19 heavy (non-hydrogen) atoms. The Bertz CT molecular complexity index is 523. The van der Waals surface area contributed by atoms with Crippen LogP contribution in [0, 0.1) is 11.6 Å². The summed E-state index contributed by atoms with van der Waals surface area (Å²) in [5.41, 5.74) is -0.528. The molecule has 2 saturated heterocycles. The highest BCUT2D eigenvalue weighted by Crippen LogP contribution is 2.32. The average molecular weight is 269 g/mol. The van der Waals surface area contributed by atoms with E-state index in [1.807, 2.05) is 0 Å². The Balaban J connectivity index is 1.93. The number of anilines is 1. The van der Waals surface area contributed by atoms with Gasteiger partial charge in [0.2, 0.25) is 0 Å². The Labute approximate surface area is 108 Å². The van der Waals surface area contributed by atoms with Crippen molar-refractivity contribution in [1.82, 2.24) is 0 Å². The summed E-state index contributed by atoms with van der Waals surface area (Å²) in [4.78, 5) is 12.5. The largest absolute Gasteiger partial charge is 0.478 e. The molecule has 1 N–H and O–H groups in total. The van der Waals surface area contributed by atoms with Crippen LogP contribution in [-0.4, -0.2) is 36.4 Å². The maximum absolute atomic E-state index is 14.0. The number of nitrogens with zero attached hydrogens (tertiary/aromatic N) is 1. The van der Waals surface area contributed by atoms with Crippen LogP contribution in [0.4, 0.5) is 14.5 Å². The van der Waals surface area contributed by atoms with Gasteiger partial charge in [-0.25, -0.2) is 13.6 Å². The van der Waals surface area contributed by atoms with Crippen LogP contribution in [0.5, 0.6) is 0 Å². The topological polar surface area (TPSA) is 49.8 Å². The molecule has 2 atom stereocenters. The SMILES string of the molecule is O=C(O)c1ccc(N2CC3CCC(C2)O3)c(F)c1F. The lowest BCUT2D eigenvalue weighted by atomic mass is 10.1. The van der Waals surface area contributed by atoms with Crippen molar-refractivity contribution in [1.29, 1.82) is 0 Å². The molecule has 6 heteroatoms. The second-order valence-corrected chi connectivity index (χ2v) is 4.93. The third-order valence-corrected chi connectivity index (χ3v) is 3.68. The summed E-state index contributed by atoms with van der Waals surface area (Å²) < 4.78 is 33.3. The number of carboxylic acid groups (broad SMARTS) is 1. The van der Waals surface area contributed by atoms with Gasteiger partial charge in [0, 0.05) is 13.1 Å². The van der Waals surface area contributed by atoms with Crippen molar-refractivity contribution in [2.45, 2.75) is 25.0 Å². The predicted molar refractivity (Wildman–Crippen MR) is 63.4 cm³/mol. The van der Waals surface area contributed by atoms with Crippen molar-refractivity contribution in [2.75, 3.05) is 18.0 Å². The summed E-state index contributed by atoms with van der Waals surface area (Å²) in [6.07, 6.45) is 1.97. The number of fused-ring (bicyclic) bond motifs is 2. The maximum atomic E-state index is 14.0. The average Bonchev–Trinajstić information content (AvgIpc) is 2.71. The number of ether oxygens (including phenoxy) is 1. The van der Waals surface area contributed by atoms with Gasteiger partial charge in [-0.1, -0.05) is 0 Å². The van der Waals surface area contributed by atoms with E-state index in [4.69, 9.17) is 9.84 Å². The normalized spacial score (nSPS) is 25.7. The maximum Gasteiger partial charge on any atom is 0.338 e. The molecular formula is C13H13F2NO3. The molecule has 3 rings (SSSR count). The third-order valence-electron chi connectivity index (χ3n) is 3.68. The van der Waals surface area contributed by atoms with E-state index in [1.54, 1.807) is 4.90 Å².